The zero-order valence-electron chi connectivity index (χ0n) is 5.89. The van der Waals surface area contributed by atoms with Crippen molar-refractivity contribution in [3.8, 4) is 0 Å². The van der Waals surface area contributed by atoms with Crippen LogP contribution in [0.4, 0.5) is 0 Å². The number of rotatable bonds is 2. The van der Waals surface area contributed by atoms with Crippen molar-refractivity contribution in [1.82, 2.24) is 4.90 Å². The molecule has 0 radical (unpaired) electrons. The summed E-state index contributed by atoms with van der Waals surface area (Å²) in [4.78, 5) is 12.9. The van der Waals surface area contributed by atoms with E-state index in [-0.39, 0.29) is 0 Å². The van der Waals surface area contributed by atoms with E-state index >= 15 is 0 Å². The van der Waals surface area contributed by atoms with Crippen LogP contribution in [0.3, 0.4) is 0 Å². The zero-order chi connectivity index (χ0) is 6.69. The Kier molecular flexibility index (Phi) is 2.22. The largest absolute Gasteiger partial charge is 0.298 e. The Morgan fingerprint density at radius 3 is 2.89 bits per heavy atom. The van der Waals surface area contributed by atoms with Gasteiger partial charge in [-0.15, -0.1) is 0 Å². The highest BCUT2D eigenvalue weighted by molar-refractivity contribution is 5.82. The quantitative estimate of drug-likeness (QED) is 0.543. The van der Waals surface area contributed by atoms with Crippen molar-refractivity contribution in [3.63, 3.8) is 0 Å². The molecule has 2 nitrogen and oxygen atoms in total. The summed E-state index contributed by atoms with van der Waals surface area (Å²) in [5, 5.41) is 0. The van der Waals surface area contributed by atoms with Gasteiger partial charge in [0.1, 0.15) is 5.78 Å². The topological polar surface area (TPSA) is 20.3 Å². The molecule has 0 aromatic carbocycles. The van der Waals surface area contributed by atoms with Crippen LogP contribution in [-0.4, -0.2) is 30.3 Å². The molecule has 0 unspecified atom stereocenters. The van der Waals surface area contributed by atoms with Crippen LogP contribution in [0.15, 0.2) is 0 Å². The van der Waals surface area contributed by atoms with Gasteiger partial charge in [-0.1, -0.05) is 6.92 Å². The van der Waals surface area contributed by atoms with Gasteiger partial charge in [0.25, 0.3) is 0 Å². The zero-order valence-corrected chi connectivity index (χ0v) is 5.89. The van der Waals surface area contributed by atoms with Crippen LogP contribution >= 0.6 is 0 Å². The second-order valence-corrected chi connectivity index (χ2v) is 2.56. The monoisotopic (exact) mass is 127 g/mol. The van der Waals surface area contributed by atoms with E-state index in [0.29, 0.717) is 12.3 Å². The van der Waals surface area contributed by atoms with Crippen LogP contribution < -0.4 is 0 Å². The van der Waals surface area contributed by atoms with Crippen molar-refractivity contribution < 1.29 is 4.79 Å². The molecule has 1 rings (SSSR count). The van der Waals surface area contributed by atoms with Crippen LogP contribution in [0.5, 0.6) is 0 Å². The molecule has 0 bridgehead atoms. The molecule has 1 aliphatic rings. The Balaban J connectivity index is 2.22. The van der Waals surface area contributed by atoms with Crippen LogP contribution in [0.25, 0.3) is 0 Å². The summed E-state index contributed by atoms with van der Waals surface area (Å²) in [6, 6.07) is 0. The third-order valence-electron chi connectivity index (χ3n) is 1.65. The summed E-state index contributed by atoms with van der Waals surface area (Å²) in [6.07, 6.45) is 1.94. The Morgan fingerprint density at radius 1 is 1.67 bits per heavy atom. The van der Waals surface area contributed by atoms with Crippen LogP contribution in [-0.2, 0) is 4.79 Å². The first-order chi connectivity index (χ1) is 4.33. The molecule has 0 aliphatic carbocycles. The number of Topliss-reactive ketones (excluding diaryl/α,β-unsaturated/α-hetero) is 1. The highest BCUT2D eigenvalue weighted by Gasteiger charge is 2.17. The molecule has 0 saturated carbocycles. The Labute approximate surface area is 55.8 Å². The van der Waals surface area contributed by atoms with Gasteiger partial charge in [0, 0.05) is 13.0 Å². The highest BCUT2D eigenvalue weighted by atomic mass is 16.1. The molecule has 1 aliphatic heterocycles. The van der Waals surface area contributed by atoms with Gasteiger partial charge in [-0.05, 0) is 13.0 Å². The van der Waals surface area contributed by atoms with E-state index < -0.39 is 0 Å². The first-order valence-corrected chi connectivity index (χ1v) is 3.57. The third-order valence-corrected chi connectivity index (χ3v) is 1.65. The lowest BCUT2D eigenvalue weighted by Crippen LogP contribution is -2.21. The Hall–Kier alpha value is -0.370. The molecule has 0 spiro atoms. The maximum atomic E-state index is 10.7. The summed E-state index contributed by atoms with van der Waals surface area (Å²) in [6.45, 7) is 4.93. The normalized spacial score (nSPS) is 21.2. The lowest BCUT2D eigenvalue weighted by atomic mass is 10.4. The molecule has 0 atom stereocenters. The fraction of sp³-hybridized carbons (Fsp3) is 0.857. The number of hydrogen-bond donors (Lipinski definition) is 0. The summed E-state index contributed by atoms with van der Waals surface area (Å²) in [7, 11) is 0. The summed E-state index contributed by atoms with van der Waals surface area (Å²) < 4.78 is 0. The van der Waals surface area contributed by atoms with E-state index in [4.69, 9.17) is 0 Å². The van der Waals surface area contributed by atoms with Crippen molar-refractivity contribution in [1.29, 1.82) is 0 Å². The van der Waals surface area contributed by atoms with Crippen LogP contribution in [0.1, 0.15) is 19.8 Å². The minimum Gasteiger partial charge on any atom is -0.298 e. The highest BCUT2D eigenvalue weighted by Crippen LogP contribution is 2.03. The van der Waals surface area contributed by atoms with Gasteiger partial charge in [0.15, 0.2) is 0 Å². The number of carbonyl (C=O) groups is 1. The molecular weight excluding hydrogens is 114 g/mol. The number of hydrogen-bond acceptors (Lipinski definition) is 2. The maximum Gasteiger partial charge on any atom is 0.148 e. The van der Waals surface area contributed by atoms with Crippen molar-refractivity contribution in [2.75, 3.05) is 19.6 Å². The molecule has 2 heteroatoms. The van der Waals surface area contributed by atoms with E-state index in [9.17, 15) is 4.79 Å². The lowest BCUT2D eigenvalue weighted by Gasteiger charge is -2.10. The maximum absolute atomic E-state index is 10.7. The van der Waals surface area contributed by atoms with E-state index in [1.807, 2.05) is 0 Å². The van der Waals surface area contributed by atoms with Crippen molar-refractivity contribution in [2.24, 2.45) is 0 Å². The standard InChI is InChI=1S/C7H13NO/c1-2-4-8-5-3-7(9)6-8/h2-6H2,1H3. The van der Waals surface area contributed by atoms with Crippen molar-refractivity contribution >= 4 is 5.78 Å². The minimum absolute atomic E-state index is 0.406. The van der Waals surface area contributed by atoms with Crippen LogP contribution in [0.2, 0.25) is 0 Å². The van der Waals surface area contributed by atoms with Gasteiger partial charge >= 0.3 is 0 Å². The fourth-order valence-electron chi connectivity index (χ4n) is 1.20. The second kappa shape index (κ2) is 2.97. The summed E-state index contributed by atoms with van der Waals surface area (Å²) in [5.41, 5.74) is 0. The average Bonchev–Trinajstić information content (AvgIpc) is 2.17. The molecule has 9 heavy (non-hydrogen) atoms. The van der Waals surface area contributed by atoms with Gasteiger partial charge in [0.05, 0.1) is 6.54 Å². The van der Waals surface area contributed by atoms with Gasteiger partial charge in [-0.3, -0.25) is 9.69 Å². The minimum atomic E-state index is 0.406. The molecule has 52 valence electrons. The number of likely N-dealkylation sites (tertiary alicyclic amines) is 1. The Bertz CT molecular complexity index is 111. The first kappa shape index (κ1) is 6.75. The average molecular weight is 127 g/mol. The fourth-order valence-corrected chi connectivity index (χ4v) is 1.20. The number of carbonyl (C=O) groups excluding carboxylic acids is 1. The molecule has 0 amide bonds. The molecule has 0 N–H and O–H groups in total. The van der Waals surface area contributed by atoms with Crippen molar-refractivity contribution in [2.45, 2.75) is 19.8 Å². The summed E-state index contributed by atoms with van der Waals surface area (Å²) in [5.74, 6) is 0.406. The van der Waals surface area contributed by atoms with Gasteiger partial charge < -0.3 is 0 Å². The molecule has 1 saturated heterocycles. The first-order valence-electron chi connectivity index (χ1n) is 3.57. The molecule has 1 heterocycles. The van der Waals surface area contributed by atoms with Gasteiger partial charge in [0.2, 0.25) is 0 Å². The second-order valence-electron chi connectivity index (χ2n) is 2.56. The predicted octanol–water partition coefficient (Wildman–Crippen LogP) is 0.671. The SMILES string of the molecule is CCCN1CCC(=O)C1. The molecule has 1 fully saturated rings. The molecule has 0 aromatic rings. The molecular formula is C7H13NO. The summed E-state index contributed by atoms with van der Waals surface area (Å²) >= 11 is 0. The van der Waals surface area contributed by atoms with Gasteiger partial charge in [-0.2, -0.15) is 0 Å². The molecule has 0 aromatic heterocycles. The predicted molar refractivity (Wildman–Crippen MR) is 36.4 cm³/mol. The lowest BCUT2D eigenvalue weighted by molar-refractivity contribution is -0.116. The number of nitrogens with zero attached hydrogens (tertiary/aromatic N) is 1. The number of ketones is 1. The van der Waals surface area contributed by atoms with Gasteiger partial charge in [-0.25, -0.2) is 0 Å². The third kappa shape index (κ3) is 1.79. The smallest absolute Gasteiger partial charge is 0.148 e. The van der Waals surface area contributed by atoms with Crippen LogP contribution in [0, 0.1) is 0 Å². The van der Waals surface area contributed by atoms with Crippen molar-refractivity contribution in [3.05, 3.63) is 0 Å². The Morgan fingerprint density at radius 2 is 2.44 bits per heavy atom. The van der Waals surface area contributed by atoms with E-state index in [2.05, 4.69) is 11.8 Å². The van der Waals surface area contributed by atoms with E-state index in [1.54, 1.807) is 0 Å². The van der Waals surface area contributed by atoms with E-state index in [0.717, 1.165) is 25.9 Å². The van der Waals surface area contributed by atoms with E-state index in [1.165, 1.54) is 0 Å².